The maximum absolute atomic E-state index is 13.1. The molecule has 1 fully saturated rings. The number of nitrogens with zero attached hydrogens (tertiary/aromatic N) is 5. The van der Waals surface area contributed by atoms with E-state index in [0.29, 0.717) is 36.2 Å². The number of aromatic nitrogens is 3. The number of pyridine rings is 1. The van der Waals surface area contributed by atoms with Gasteiger partial charge in [0.05, 0.1) is 10.8 Å². The average Bonchev–Trinajstić information content (AvgIpc) is 3.19. The summed E-state index contributed by atoms with van der Waals surface area (Å²) in [5, 5.41) is 15.3. The fourth-order valence-corrected chi connectivity index (χ4v) is 3.26. The van der Waals surface area contributed by atoms with Gasteiger partial charge in [0.15, 0.2) is 0 Å². The van der Waals surface area contributed by atoms with Crippen molar-refractivity contribution in [3.05, 3.63) is 64.4 Å². The van der Waals surface area contributed by atoms with E-state index in [9.17, 15) is 14.5 Å². The summed E-state index contributed by atoms with van der Waals surface area (Å²) < 4.78 is 18.5. The zero-order chi connectivity index (χ0) is 18.8. The normalized spacial score (nSPS) is 17.1. The molecule has 0 N–H and O–H groups in total. The van der Waals surface area contributed by atoms with Crippen LogP contribution in [0.3, 0.4) is 0 Å². The topological polar surface area (TPSA) is 98.2 Å². The number of piperidine rings is 1. The average molecular weight is 369 g/mol. The maximum atomic E-state index is 13.1. The lowest BCUT2D eigenvalue weighted by Gasteiger charge is -2.31. The Morgan fingerprint density at radius 2 is 2.07 bits per heavy atom. The predicted molar refractivity (Wildman–Crippen MR) is 94.8 cm³/mol. The Balaban J connectivity index is 1.56. The van der Waals surface area contributed by atoms with Crippen molar-refractivity contribution >= 4 is 11.5 Å². The highest BCUT2D eigenvalue weighted by molar-refractivity contribution is 5.58. The number of halogens is 1. The SMILES string of the molecule is O=[N+]([O-])c1cccnc1N1CCCC(c2nc(-c3ccc(F)cc3)no2)C1. The van der Waals surface area contributed by atoms with Crippen LogP contribution >= 0.6 is 0 Å². The Labute approximate surface area is 153 Å². The van der Waals surface area contributed by atoms with Gasteiger partial charge in [0, 0.05) is 30.9 Å². The molecule has 2 aromatic heterocycles. The van der Waals surface area contributed by atoms with E-state index in [-0.39, 0.29) is 17.4 Å². The van der Waals surface area contributed by atoms with Crippen LogP contribution in [0.2, 0.25) is 0 Å². The van der Waals surface area contributed by atoms with Gasteiger partial charge in [-0.1, -0.05) is 5.16 Å². The molecule has 1 unspecified atom stereocenters. The van der Waals surface area contributed by atoms with Gasteiger partial charge in [0.2, 0.25) is 17.5 Å². The van der Waals surface area contributed by atoms with Crippen LogP contribution in [-0.2, 0) is 0 Å². The summed E-state index contributed by atoms with van der Waals surface area (Å²) in [7, 11) is 0. The predicted octanol–water partition coefficient (Wildman–Crippen LogP) is 3.56. The number of hydrogen-bond donors (Lipinski definition) is 0. The summed E-state index contributed by atoms with van der Waals surface area (Å²) in [6.07, 6.45) is 3.21. The third-order valence-corrected chi connectivity index (χ3v) is 4.58. The number of hydrogen-bond acceptors (Lipinski definition) is 7. The summed E-state index contributed by atoms with van der Waals surface area (Å²) in [6.45, 7) is 1.18. The van der Waals surface area contributed by atoms with E-state index in [1.54, 1.807) is 24.4 Å². The summed E-state index contributed by atoms with van der Waals surface area (Å²) in [4.78, 5) is 21.4. The highest BCUT2D eigenvalue weighted by Gasteiger charge is 2.30. The largest absolute Gasteiger partial charge is 0.350 e. The zero-order valence-corrected chi connectivity index (χ0v) is 14.3. The molecule has 27 heavy (non-hydrogen) atoms. The molecule has 3 aromatic rings. The second-order valence-electron chi connectivity index (χ2n) is 6.35. The molecule has 3 heterocycles. The smallest absolute Gasteiger partial charge is 0.311 e. The van der Waals surface area contributed by atoms with E-state index < -0.39 is 4.92 Å². The Bertz CT molecular complexity index is 960. The van der Waals surface area contributed by atoms with Crippen LogP contribution in [-0.4, -0.2) is 33.1 Å². The first kappa shape index (κ1) is 17.1. The van der Waals surface area contributed by atoms with Gasteiger partial charge in [-0.05, 0) is 43.2 Å². The molecule has 0 amide bonds. The van der Waals surface area contributed by atoms with Crippen LogP contribution in [0.4, 0.5) is 15.9 Å². The van der Waals surface area contributed by atoms with Crippen LogP contribution < -0.4 is 4.90 Å². The lowest BCUT2D eigenvalue weighted by atomic mass is 9.98. The van der Waals surface area contributed by atoms with Crippen molar-refractivity contribution in [2.24, 2.45) is 0 Å². The highest BCUT2D eigenvalue weighted by atomic mass is 19.1. The van der Waals surface area contributed by atoms with E-state index in [2.05, 4.69) is 15.1 Å². The Morgan fingerprint density at radius 3 is 2.85 bits per heavy atom. The summed E-state index contributed by atoms with van der Waals surface area (Å²) in [6, 6.07) is 8.87. The summed E-state index contributed by atoms with van der Waals surface area (Å²) in [5.41, 5.74) is 0.648. The first-order valence-corrected chi connectivity index (χ1v) is 8.56. The third-order valence-electron chi connectivity index (χ3n) is 4.58. The molecule has 9 heteroatoms. The van der Waals surface area contributed by atoms with E-state index in [0.717, 1.165) is 12.8 Å². The van der Waals surface area contributed by atoms with Gasteiger partial charge in [0.1, 0.15) is 5.82 Å². The number of benzene rings is 1. The molecular formula is C18H16FN5O3. The molecule has 0 bridgehead atoms. The lowest BCUT2D eigenvalue weighted by molar-refractivity contribution is -0.384. The molecule has 1 aliphatic rings. The molecule has 0 saturated carbocycles. The Morgan fingerprint density at radius 1 is 1.26 bits per heavy atom. The van der Waals surface area contributed by atoms with Gasteiger partial charge < -0.3 is 9.42 Å². The molecule has 8 nitrogen and oxygen atoms in total. The zero-order valence-electron chi connectivity index (χ0n) is 14.3. The Hall–Kier alpha value is -3.36. The lowest BCUT2D eigenvalue weighted by Crippen LogP contribution is -2.35. The van der Waals surface area contributed by atoms with E-state index in [1.807, 2.05) is 4.90 Å². The molecule has 0 aliphatic carbocycles. The van der Waals surface area contributed by atoms with Crippen LogP contribution in [0.25, 0.3) is 11.4 Å². The van der Waals surface area contributed by atoms with Crippen LogP contribution in [0.15, 0.2) is 47.1 Å². The molecule has 1 saturated heterocycles. The van der Waals surface area contributed by atoms with Crippen molar-refractivity contribution < 1.29 is 13.8 Å². The second-order valence-corrected chi connectivity index (χ2v) is 6.35. The first-order valence-electron chi connectivity index (χ1n) is 8.56. The fourth-order valence-electron chi connectivity index (χ4n) is 3.26. The Kier molecular flexibility index (Phi) is 4.49. The third kappa shape index (κ3) is 3.48. The van der Waals surface area contributed by atoms with Crippen LogP contribution in [0, 0.1) is 15.9 Å². The minimum Gasteiger partial charge on any atom is -0.350 e. The molecule has 1 aromatic carbocycles. The highest BCUT2D eigenvalue weighted by Crippen LogP contribution is 2.33. The van der Waals surface area contributed by atoms with Gasteiger partial charge in [-0.15, -0.1) is 0 Å². The molecular weight excluding hydrogens is 353 g/mol. The van der Waals surface area contributed by atoms with Gasteiger partial charge >= 0.3 is 5.69 Å². The fraction of sp³-hybridized carbons (Fsp3) is 0.278. The van der Waals surface area contributed by atoms with Crippen LogP contribution in [0.1, 0.15) is 24.7 Å². The minimum absolute atomic E-state index is 0.0179. The number of anilines is 1. The van der Waals surface area contributed by atoms with Crippen molar-refractivity contribution in [3.63, 3.8) is 0 Å². The van der Waals surface area contributed by atoms with Crippen LogP contribution in [0.5, 0.6) is 0 Å². The molecule has 1 aliphatic heterocycles. The van der Waals surface area contributed by atoms with Gasteiger partial charge in [-0.2, -0.15) is 4.98 Å². The molecule has 0 radical (unpaired) electrons. The first-order chi connectivity index (χ1) is 13.1. The molecule has 138 valence electrons. The maximum Gasteiger partial charge on any atom is 0.311 e. The molecule has 0 spiro atoms. The molecule has 4 rings (SSSR count). The van der Waals surface area contributed by atoms with E-state index in [1.165, 1.54) is 18.2 Å². The van der Waals surface area contributed by atoms with Crippen molar-refractivity contribution in [1.29, 1.82) is 0 Å². The van der Waals surface area contributed by atoms with E-state index >= 15 is 0 Å². The quantitative estimate of drug-likeness (QED) is 0.512. The van der Waals surface area contributed by atoms with Crippen molar-refractivity contribution in [1.82, 2.24) is 15.1 Å². The van der Waals surface area contributed by atoms with Gasteiger partial charge in [-0.25, -0.2) is 9.37 Å². The summed E-state index contributed by atoms with van der Waals surface area (Å²) in [5.74, 6) is 0.832. The van der Waals surface area contributed by atoms with Crippen molar-refractivity contribution in [3.8, 4) is 11.4 Å². The number of rotatable bonds is 4. The second kappa shape index (κ2) is 7.10. The van der Waals surface area contributed by atoms with Crippen molar-refractivity contribution in [2.75, 3.05) is 18.0 Å². The minimum atomic E-state index is -0.425. The van der Waals surface area contributed by atoms with Gasteiger partial charge in [0.25, 0.3) is 0 Å². The standard InChI is InChI=1S/C18H16FN5O3/c19-14-7-5-12(6-8-14)16-21-18(27-22-16)13-3-2-10-23(11-13)17-15(24(25)26)4-1-9-20-17/h1,4-9,13H,2-3,10-11H2. The molecule has 1 atom stereocenters. The monoisotopic (exact) mass is 369 g/mol. The van der Waals surface area contributed by atoms with E-state index in [4.69, 9.17) is 4.52 Å². The van der Waals surface area contributed by atoms with Crippen molar-refractivity contribution in [2.45, 2.75) is 18.8 Å². The summed E-state index contributed by atoms with van der Waals surface area (Å²) >= 11 is 0. The van der Waals surface area contributed by atoms with Gasteiger partial charge in [-0.3, -0.25) is 10.1 Å². The number of nitro groups is 1.